The molecule has 16 heavy (non-hydrogen) atoms. The Bertz CT molecular complexity index is 424. The maximum atomic E-state index is 11.6. The van der Waals surface area contributed by atoms with E-state index in [-0.39, 0.29) is 0 Å². The highest BCUT2D eigenvalue weighted by Crippen LogP contribution is 2.17. The van der Waals surface area contributed by atoms with Gasteiger partial charge in [0.15, 0.2) is 0 Å². The number of alkyl halides is 1. The van der Waals surface area contributed by atoms with Crippen LogP contribution in [0.25, 0.3) is 0 Å². The van der Waals surface area contributed by atoms with E-state index in [2.05, 4.69) is 4.74 Å². The fraction of sp³-hybridized carbons (Fsp3) is 0.333. The maximum Gasteiger partial charge on any atom is 0.339 e. The summed E-state index contributed by atoms with van der Waals surface area (Å²) >= 11 is 5.61. The average Bonchev–Trinajstić information content (AvgIpc) is 2.34. The normalized spacial score (nSPS) is 9.56. The van der Waals surface area contributed by atoms with Gasteiger partial charge in [0.2, 0.25) is 0 Å². The second kappa shape index (κ2) is 6.14. The van der Waals surface area contributed by atoms with Crippen LogP contribution < -0.4 is 0 Å². The first-order valence-electron chi connectivity index (χ1n) is 4.90. The molecule has 84 valence electrons. The first-order chi connectivity index (χ1) is 7.74. The van der Waals surface area contributed by atoms with Gasteiger partial charge < -0.3 is 4.74 Å². The fourth-order valence-corrected chi connectivity index (χ4v) is 1.64. The Labute approximate surface area is 99.6 Å². The molecular formula is C12H12ClNO2. The van der Waals surface area contributed by atoms with Gasteiger partial charge in [-0.25, -0.2) is 4.79 Å². The van der Waals surface area contributed by atoms with E-state index >= 15 is 0 Å². The summed E-state index contributed by atoms with van der Waals surface area (Å²) in [7, 11) is 1.31. The Morgan fingerprint density at radius 2 is 2.31 bits per heavy atom. The lowest BCUT2D eigenvalue weighted by molar-refractivity contribution is 0.0599. The molecule has 0 atom stereocenters. The van der Waals surface area contributed by atoms with Crippen molar-refractivity contribution < 1.29 is 9.53 Å². The van der Waals surface area contributed by atoms with Crippen LogP contribution >= 0.6 is 11.6 Å². The number of nitriles is 1. The number of rotatable bonds is 4. The van der Waals surface area contributed by atoms with Crippen molar-refractivity contribution in [2.45, 2.75) is 12.8 Å². The van der Waals surface area contributed by atoms with Gasteiger partial charge >= 0.3 is 5.97 Å². The van der Waals surface area contributed by atoms with Gasteiger partial charge in [0, 0.05) is 5.88 Å². The summed E-state index contributed by atoms with van der Waals surface area (Å²) in [5.74, 6) is 0.0546. The van der Waals surface area contributed by atoms with Gasteiger partial charge in [0.1, 0.15) is 6.07 Å². The molecule has 0 saturated heterocycles. The second-order valence-electron chi connectivity index (χ2n) is 3.24. The van der Waals surface area contributed by atoms with Crippen molar-refractivity contribution in [1.29, 1.82) is 5.26 Å². The van der Waals surface area contributed by atoms with Crippen LogP contribution in [0.1, 0.15) is 27.9 Å². The molecule has 0 aliphatic rings. The Morgan fingerprint density at radius 1 is 1.56 bits per heavy atom. The van der Waals surface area contributed by atoms with Gasteiger partial charge in [0.05, 0.1) is 18.2 Å². The first-order valence-corrected chi connectivity index (χ1v) is 5.44. The molecule has 0 spiro atoms. The molecule has 0 N–H and O–H groups in total. The number of hydrogen-bond donors (Lipinski definition) is 0. The molecule has 0 aliphatic carbocycles. The highest BCUT2D eigenvalue weighted by molar-refractivity contribution is 6.17. The highest BCUT2D eigenvalue weighted by atomic mass is 35.5. The lowest BCUT2D eigenvalue weighted by Gasteiger charge is -2.08. The number of nitrogens with zero attached hydrogens (tertiary/aromatic N) is 1. The molecule has 0 heterocycles. The third kappa shape index (κ3) is 2.74. The lowest BCUT2D eigenvalue weighted by atomic mass is 9.98. The van der Waals surface area contributed by atoms with Crippen LogP contribution in [0.4, 0.5) is 0 Å². The number of benzene rings is 1. The Morgan fingerprint density at radius 3 is 2.88 bits per heavy atom. The van der Waals surface area contributed by atoms with Crippen molar-refractivity contribution in [2.75, 3.05) is 13.0 Å². The molecule has 0 saturated carbocycles. The van der Waals surface area contributed by atoms with E-state index in [9.17, 15) is 4.79 Å². The first kappa shape index (κ1) is 12.5. The molecule has 4 heteroatoms. The fourth-order valence-electron chi connectivity index (χ4n) is 1.50. The SMILES string of the molecule is COC(=O)c1c(C#N)cccc1CCCCl. The van der Waals surface area contributed by atoms with Crippen molar-refractivity contribution in [2.24, 2.45) is 0 Å². The Balaban J connectivity index is 3.16. The van der Waals surface area contributed by atoms with E-state index in [1.54, 1.807) is 12.1 Å². The van der Waals surface area contributed by atoms with Gasteiger partial charge in [-0.3, -0.25) is 0 Å². The van der Waals surface area contributed by atoms with Gasteiger partial charge in [-0.1, -0.05) is 12.1 Å². The molecule has 3 nitrogen and oxygen atoms in total. The second-order valence-corrected chi connectivity index (χ2v) is 3.61. The van der Waals surface area contributed by atoms with Crippen molar-refractivity contribution in [3.8, 4) is 6.07 Å². The molecule has 0 unspecified atom stereocenters. The molecule has 1 aromatic rings. The molecule has 0 radical (unpaired) electrons. The molecule has 0 bridgehead atoms. The van der Waals surface area contributed by atoms with Crippen LogP contribution in [0.3, 0.4) is 0 Å². The number of carbonyl (C=O) groups excluding carboxylic acids is 1. The van der Waals surface area contributed by atoms with E-state index in [1.165, 1.54) is 7.11 Å². The Hall–Kier alpha value is -1.53. The highest BCUT2D eigenvalue weighted by Gasteiger charge is 2.16. The van der Waals surface area contributed by atoms with Crippen molar-refractivity contribution in [1.82, 2.24) is 0 Å². The van der Waals surface area contributed by atoms with Gasteiger partial charge in [-0.05, 0) is 24.5 Å². The van der Waals surface area contributed by atoms with Crippen LogP contribution in [-0.2, 0) is 11.2 Å². The quantitative estimate of drug-likeness (QED) is 0.597. The number of methoxy groups -OCH3 is 1. The minimum Gasteiger partial charge on any atom is -0.465 e. The smallest absolute Gasteiger partial charge is 0.339 e. The summed E-state index contributed by atoms with van der Waals surface area (Å²) in [6, 6.07) is 7.18. The largest absolute Gasteiger partial charge is 0.465 e. The van der Waals surface area contributed by atoms with Crippen molar-refractivity contribution in [3.05, 3.63) is 34.9 Å². The van der Waals surface area contributed by atoms with E-state index in [1.807, 2.05) is 12.1 Å². The number of aryl methyl sites for hydroxylation is 1. The van der Waals surface area contributed by atoms with E-state index in [0.717, 1.165) is 12.0 Å². The molecular weight excluding hydrogens is 226 g/mol. The lowest BCUT2D eigenvalue weighted by Crippen LogP contribution is -2.08. The number of ether oxygens (including phenoxy) is 1. The van der Waals surface area contributed by atoms with Crippen molar-refractivity contribution >= 4 is 17.6 Å². The van der Waals surface area contributed by atoms with Gasteiger partial charge in [-0.2, -0.15) is 5.26 Å². The molecule has 0 fully saturated rings. The van der Waals surface area contributed by atoms with Gasteiger partial charge in [0.25, 0.3) is 0 Å². The van der Waals surface area contributed by atoms with Crippen molar-refractivity contribution in [3.63, 3.8) is 0 Å². The third-order valence-electron chi connectivity index (χ3n) is 2.24. The minimum absolute atomic E-state index is 0.346. The summed E-state index contributed by atoms with van der Waals surface area (Å²) in [4.78, 5) is 11.6. The zero-order valence-electron chi connectivity index (χ0n) is 9.00. The summed E-state index contributed by atoms with van der Waals surface area (Å²) in [5, 5.41) is 8.93. The number of carbonyl (C=O) groups is 1. The zero-order chi connectivity index (χ0) is 12.0. The molecule has 1 rings (SSSR count). The van der Waals surface area contributed by atoms with Crippen LogP contribution in [0.15, 0.2) is 18.2 Å². The summed E-state index contributed by atoms with van der Waals surface area (Å²) < 4.78 is 4.68. The van der Waals surface area contributed by atoms with Crippen LogP contribution in [-0.4, -0.2) is 19.0 Å². The average molecular weight is 238 g/mol. The molecule has 0 aliphatic heterocycles. The van der Waals surface area contributed by atoms with E-state index in [0.29, 0.717) is 23.4 Å². The number of hydrogen-bond acceptors (Lipinski definition) is 3. The molecule has 0 amide bonds. The van der Waals surface area contributed by atoms with Crippen LogP contribution in [0.5, 0.6) is 0 Å². The zero-order valence-corrected chi connectivity index (χ0v) is 9.75. The Kier molecular flexibility index (Phi) is 4.81. The molecule has 1 aromatic carbocycles. The standard InChI is InChI=1S/C12H12ClNO2/c1-16-12(15)11-9(6-3-7-13)4-2-5-10(11)8-14/h2,4-5H,3,6-7H2,1H3. The topological polar surface area (TPSA) is 50.1 Å². The monoisotopic (exact) mass is 237 g/mol. The summed E-state index contributed by atoms with van der Waals surface area (Å²) in [6.45, 7) is 0. The minimum atomic E-state index is -0.471. The molecule has 0 aromatic heterocycles. The summed E-state index contributed by atoms with van der Waals surface area (Å²) in [6.07, 6.45) is 1.43. The van der Waals surface area contributed by atoms with E-state index < -0.39 is 5.97 Å². The number of halogens is 1. The number of esters is 1. The van der Waals surface area contributed by atoms with Gasteiger partial charge in [-0.15, -0.1) is 11.6 Å². The predicted octanol–water partition coefficient (Wildman–Crippen LogP) is 2.52. The maximum absolute atomic E-state index is 11.6. The van der Waals surface area contributed by atoms with Crippen LogP contribution in [0, 0.1) is 11.3 Å². The van der Waals surface area contributed by atoms with E-state index in [4.69, 9.17) is 16.9 Å². The third-order valence-corrected chi connectivity index (χ3v) is 2.51. The summed E-state index contributed by atoms with van der Waals surface area (Å²) in [5.41, 5.74) is 1.52. The van der Waals surface area contributed by atoms with Crippen LogP contribution in [0.2, 0.25) is 0 Å². The predicted molar refractivity (Wildman–Crippen MR) is 61.5 cm³/mol.